The lowest BCUT2D eigenvalue weighted by Crippen LogP contribution is -2.18. The van der Waals surface area contributed by atoms with E-state index in [4.69, 9.17) is 5.84 Å². The van der Waals surface area contributed by atoms with Crippen molar-refractivity contribution in [1.82, 2.24) is 4.98 Å². The fraction of sp³-hybridized carbons (Fsp3) is 0.143. The van der Waals surface area contributed by atoms with Crippen molar-refractivity contribution in [2.75, 3.05) is 10.7 Å². The Kier molecular flexibility index (Phi) is 4.36. The number of hydrogen-bond donors (Lipinski definition) is 3. The number of hydrazine groups is 1. The van der Waals surface area contributed by atoms with Gasteiger partial charge in [0.15, 0.2) is 0 Å². The van der Waals surface area contributed by atoms with E-state index in [1.165, 1.54) is 6.20 Å². The number of hydrogen-bond acceptors (Lipinski definition) is 4. The Morgan fingerprint density at radius 1 is 1.30 bits per heavy atom. The van der Waals surface area contributed by atoms with E-state index in [1.54, 1.807) is 12.3 Å². The zero-order valence-electron chi connectivity index (χ0n) is 11.2. The number of aryl methyl sites for hydroxylation is 2. The fourth-order valence-corrected chi connectivity index (χ4v) is 2.68. The number of aromatic nitrogens is 1. The molecule has 6 heteroatoms. The van der Waals surface area contributed by atoms with Gasteiger partial charge in [0.05, 0.1) is 17.4 Å². The molecule has 0 aliphatic carbocycles. The second-order valence-corrected chi connectivity index (χ2v) is 5.35. The summed E-state index contributed by atoms with van der Waals surface area (Å²) in [5.74, 6) is 5.16. The van der Waals surface area contributed by atoms with Gasteiger partial charge >= 0.3 is 0 Å². The summed E-state index contributed by atoms with van der Waals surface area (Å²) >= 11 is 3.43. The number of halogens is 1. The van der Waals surface area contributed by atoms with Crippen LogP contribution < -0.4 is 16.6 Å². The van der Waals surface area contributed by atoms with Crippen molar-refractivity contribution in [3.05, 3.63) is 51.8 Å². The lowest BCUT2D eigenvalue weighted by Gasteiger charge is -2.13. The molecule has 0 bridgehead atoms. The van der Waals surface area contributed by atoms with E-state index in [0.717, 1.165) is 21.3 Å². The van der Waals surface area contributed by atoms with Gasteiger partial charge in [0.2, 0.25) is 0 Å². The zero-order chi connectivity index (χ0) is 14.7. The maximum atomic E-state index is 12.3. The van der Waals surface area contributed by atoms with E-state index in [2.05, 4.69) is 31.7 Å². The summed E-state index contributed by atoms with van der Waals surface area (Å²) in [4.78, 5) is 16.3. The van der Waals surface area contributed by atoms with Gasteiger partial charge < -0.3 is 10.7 Å². The van der Waals surface area contributed by atoms with Crippen LogP contribution in [-0.2, 0) is 0 Å². The third-order valence-corrected chi connectivity index (χ3v) is 3.42. The molecule has 0 aliphatic heterocycles. The molecule has 2 aromatic rings. The highest BCUT2D eigenvalue weighted by Crippen LogP contribution is 2.26. The van der Waals surface area contributed by atoms with Gasteiger partial charge in [-0.3, -0.25) is 15.6 Å². The van der Waals surface area contributed by atoms with Crippen molar-refractivity contribution in [1.29, 1.82) is 0 Å². The number of nitrogen functional groups attached to an aromatic ring is 1. The molecular weight excluding hydrogens is 320 g/mol. The molecule has 0 spiro atoms. The molecule has 0 saturated heterocycles. The third-order valence-electron chi connectivity index (χ3n) is 2.96. The molecule has 104 valence electrons. The molecule has 1 amide bonds. The maximum absolute atomic E-state index is 12.3. The molecule has 0 unspecified atom stereocenters. The first-order valence-corrected chi connectivity index (χ1v) is 6.81. The minimum atomic E-state index is -0.228. The molecule has 1 aromatic carbocycles. The van der Waals surface area contributed by atoms with E-state index in [1.807, 2.05) is 26.0 Å². The molecule has 0 aliphatic rings. The first-order valence-electron chi connectivity index (χ1n) is 6.01. The Morgan fingerprint density at radius 2 is 1.95 bits per heavy atom. The molecule has 2 rings (SSSR count). The monoisotopic (exact) mass is 334 g/mol. The van der Waals surface area contributed by atoms with Crippen LogP contribution in [0.3, 0.4) is 0 Å². The van der Waals surface area contributed by atoms with Crippen LogP contribution in [0.5, 0.6) is 0 Å². The predicted molar refractivity (Wildman–Crippen MR) is 83.6 cm³/mol. The molecule has 0 saturated carbocycles. The van der Waals surface area contributed by atoms with Crippen molar-refractivity contribution in [2.24, 2.45) is 5.84 Å². The minimum Gasteiger partial charge on any atom is -0.322 e. The number of anilines is 2. The van der Waals surface area contributed by atoms with Crippen molar-refractivity contribution < 1.29 is 4.79 Å². The molecule has 5 nitrogen and oxygen atoms in total. The molecule has 0 fully saturated rings. The van der Waals surface area contributed by atoms with E-state index in [9.17, 15) is 4.79 Å². The van der Waals surface area contributed by atoms with Gasteiger partial charge in [0.1, 0.15) is 0 Å². The van der Waals surface area contributed by atoms with Crippen LogP contribution in [0.4, 0.5) is 11.4 Å². The van der Waals surface area contributed by atoms with Gasteiger partial charge in [0.25, 0.3) is 5.91 Å². The molecule has 1 aromatic heterocycles. The van der Waals surface area contributed by atoms with Crippen LogP contribution in [-0.4, -0.2) is 10.9 Å². The Hall–Kier alpha value is -1.92. The summed E-state index contributed by atoms with van der Waals surface area (Å²) in [6.07, 6.45) is 3.06. The highest BCUT2D eigenvalue weighted by Gasteiger charge is 2.13. The molecule has 20 heavy (non-hydrogen) atoms. The molecule has 0 atom stereocenters. The number of nitrogens with one attached hydrogen (secondary N) is 2. The number of amides is 1. The van der Waals surface area contributed by atoms with Gasteiger partial charge in [0, 0.05) is 16.4 Å². The highest BCUT2D eigenvalue weighted by atomic mass is 79.9. The van der Waals surface area contributed by atoms with Crippen LogP contribution in [0.1, 0.15) is 21.5 Å². The molecule has 4 N–H and O–H groups in total. The second-order valence-electron chi connectivity index (χ2n) is 4.43. The van der Waals surface area contributed by atoms with Gasteiger partial charge in [-0.1, -0.05) is 15.9 Å². The number of carbonyl (C=O) groups is 1. The van der Waals surface area contributed by atoms with Crippen LogP contribution in [0, 0.1) is 13.8 Å². The highest BCUT2D eigenvalue weighted by molar-refractivity contribution is 9.10. The molecule has 1 heterocycles. The Bertz CT molecular complexity index is 634. The summed E-state index contributed by atoms with van der Waals surface area (Å²) in [6, 6.07) is 5.53. The number of pyridine rings is 1. The maximum Gasteiger partial charge on any atom is 0.257 e. The molecule has 0 radical (unpaired) electrons. The zero-order valence-corrected chi connectivity index (χ0v) is 12.8. The first kappa shape index (κ1) is 14.5. The summed E-state index contributed by atoms with van der Waals surface area (Å²) in [6.45, 7) is 3.89. The van der Waals surface area contributed by atoms with Crippen molar-refractivity contribution in [3.8, 4) is 0 Å². The number of nitrogens with zero attached hydrogens (tertiary/aromatic N) is 1. The largest absolute Gasteiger partial charge is 0.322 e. The number of rotatable bonds is 3. The standard InChI is InChI=1S/C14H15BrN4O/c1-8-5-10(15)6-9(2)13(8)18-14(20)11-3-4-17-7-12(11)19-16/h3-7,19H,16H2,1-2H3,(H,18,20). The van der Waals surface area contributed by atoms with Crippen molar-refractivity contribution >= 4 is 33.2 Å². The van der Waals surface area contributed by atoms with Gasteiger partial charge in [-0.2, -0.15) is 0 Å². The van der Waals surface area contributed by atoms with E-state index in [-0.39, 0.29) is 5.91 Å². The fourth-order valence-electron chi connectivity index (χ4n) is 2.00. The first-order chi connectivity index (χ1) is 9.52. The van der Waals surface area contributed by atoms with E-state index < -0.39 is 0 Å². The normalized spacial score (nSPS) is 10.2. The summed E-state index contributed by atoms with van der Waals surface area (Å²) in [5, 5.41) is 2.91. The Morgan fingerprint density at radius 3 is 2.55 bits per heavy atom. The van der Waals surface area contributed by atoms with E-state index in [0.29, 0.717) is 11.3 Å². The van der Waals surface area contributed by atoms with Crippen molar-refractivity contribution in [3.63, 3.8) is 0 Å². The van der Waals surface area contributed by atoms with Crippen LogP contribution in [0.15, 0.2) is 35.1 Å². The molecular formula is C14H15BrN4O. The predicted octanol–water partition coefficient (Wildman–Crippen LogP) is 3.00. The lowest BCUT2D eigenvalue weighted by atomic mass is 10.1. The summed E-state index contributed by atoms with van der Waals surface area (Å²) in [7, 11) is 0. The van der Waals surface area contributed by atoms with Gasteiger partial charge in [-0.05, 0) is 43.2 Å². The quantitative estimate of drug-likeness (QED) is 0.595. The van der Waals surface area contributed by atoms with Crippen molar-refractivity contribution in [2.45, 2.75) is 13.8 Å². The average Bonchev–Trinajstić information content (AvgIpc) is 2.42. The number of nitrogens with two attached hydrogens (primary N) is 1. The summed E-state index contributed by atoms with van der Waals surface area (Å²) < 4.78 is 0.985. The van der Waals surface area contributed by atoms with E-state index >= 15 is 0 Å². The topological polar surface area (TPSA) is 80.0 Å². The van der Waals surface area contributed by atoms with Gasteiger partial charge in [-0.15, -0.1) is 0 Å². The van der Waals surface area contributed by atoms with Crippen LogP contribution in [0.2, 0.25) is 0 Å². The minimum absolute atomic E-state index is 0.228. The lowest BCUT2D eigenvalue weighted by molar-refractivity contribution is 0.102. The Labute approximate surface area is 125 Å². The van der Waals surface area contributed by atoms with Gasteiger partial charge in [-0.25, -0.2) is 0 Å². The average molecular weight is 335 g/mol. The van der Waals surface area contributed by atoms with Crippen LogP contribution >= 0.6 is 15.9 Å². The number of carbonyl (C=O) groups excluding carboxylic acids is 1. The van der Waals surface area contributed by atoms with Crippen LogP contribution in [0.25, 0.3) is 0 Å². The smallest absolute Gasteiger partial charge is 0.257 e. The second kappa shape index (κ2) is 6.02. The SMILES string of the molecule is Cc1cc(Br)cc(C)c1NC(=O)c1ccncc1NN. The summed E-state index contributed by atoms with van der Waals surface area (Å²) in [5.41, 5.74) is 6.18. The Balaban J connectivity index is 2.33. The number of benzene rings is 1. The third kappa shape index (κ3) is 2.97.